The molecule has 0 aromatic heterocycles. The highest BCUT2D eigenvalue weighted by atomic mass is 32.3. The number of aliphatic carboxylic acids is 1. The fraction of sp³-hybridized carbons (Fsp3) is 0.962. The van der Waals surface area contributed by atoms with Gasteiger partial charge < -0.3 is 5.11 Å². The second-order valence-corrected chi connectivity index (χ2v) is 15.1. The van der Waals surface area contributed by atoms with Crippen LogP contribution in [-0.4, -0.2) is 66.5 Å². The van der Waals surface area contributed by atoms with Crippen LogP contribution in [0.15, 0.2) is 0 Å². The van der Waals surface area contributed by atoms with E-state index in [0.717, 1.165) is 12.8 Å². The molecule has 0 saturated carbocycles. The van der Waals surface area contributed by atoms with Gasteiger partial charge in [0.1, 0.15) is 0 Å². The predicted octanol–water partition coefficient (Wildman–Crippen LogP) is 6.40. The average Bonchev–Trinajstić information content (AvgIpc) is 2.80. The maximum atomic E-state index is 11.7. The van der Waals surface area contributed by atoms with Crippen molar-refractivity contribution in [3.05, 3.63) is 0 Å². The molecular formula is C26H56MgO6S2. The molecular weight excluding hydrogens is 497 g/mol. The lowest BCUT2D eigenvalue weighted by molar-refractivity contribution is -0.137. The minimum atomic E-state index is -3.57. The fourth-order valence-corrected chi connectivity index (χ4v) is 8.25. The molecule has 0 spiro atoms. The van der Waals surface area contributed by atoms with E-state index in [1.807, 2.05) is 0 Å². The Kier molecular flexibility index (Phi) is 26.4. The Morgan fingerprint density at radius 2 is 0.886 bits per heavy atom. The van der Waals surface area contributed by atoms with Crippen molar-refractivity contribution in [1.29, 1.82) is 0 Å². The normalized spacial score (nSPS) is 11.9. The van der Waals surface area contributed by atoms with Crippen LogP contribution in [0.3, 0.4) is 0 Å². The van der Waals surface area contributed by atoms with Crippen LogP contribution >= 0.6 is 0 Å². The van der Waals surface area contributed by atoms with Crippen molar-refractivity contribution in [2.75, 3.05) is 11.5 Å². The third kappa shape index (κ3) is 18.1. The number of carboxylic acid groups (broad SMARTS) is 1. The second kappa shape index (κ2) is 23.3. The first kappa shape index (κ1) is 39.6. The van der Waals surface area contributed by atoms with Crippen LogP contribution in [-0.2, 0) is 24.5 Å². The molecule has 0 aliphatic heterocycles. The van der Waals surface area contributed by atoms with Crippen LogP contribution < -0.4 is 0 Å². The van der Waals surface area contributed by atoms with E-state index in [-0.39, 0.29) is 41.0 Å². The molecule has 0 amide bonds. The zero-order valence-electron chi connectivity index (χ0n) is 22.7. The van der Waals surface area contributed by atoms with Gasteiger partial charge in [0.25, 0.3) is 0 Å². The average molecular weight is 553 g/mol. The molecule has 0 fully saturated rings. The van der Waals surface area contributed by atoms with Crippen LogP contribution in [0, 0.1) is 0 Å². The quantitative estimate of drug-likeness (QED) is 0.130. The van der Waals surface area contributed by atoms with Crippen LogP contribution in [0.25, 0.3) is 0 Å². The Hall–Kier alpha value is 0.136. The summed E-state index contributed by atoms with van der Waals surface area (Å²) >= 11 is 0. The summed E-state index contributed by atoms with van der Waals surface area (Å²) in [7, 11) is -7.14. The van der Waals surface area contributed by atoms with Crippen LogP contribution in [0.2, 0.25) is 0 Å². The summed E-state index contributed by atoms with van der Waals surface area (Å²) in [4.78, 5) is 10.3. The summed E-state index contributed by atoms with van der Waals surface area (Å²) in [6.45, 7) is 8.08. The summed E-state index contributed by atoms with van der Waals surface area (Å²) in [6, 6.07) is 0. The standard InChI is InChI=1S/C18H36O2.C8H18O4S2.Mg.2H/c1-2-3-4-5-6-7-8-9-10-11-12-13-14-15-16-17-18(19)20;1-5-8(4,13(9,10)6-2)14(11,12)7-3;;;/h2-17H2,1H3,(H,19,20);5-7H2,1-4H3;;;. The van der Waals surface area contributed by atoms with Gasteiger partial charge in [-0.3, -0.25) is 4.79 Å². The minimum Gasteiger partial charge on any atom is -0.481 e. The Balaban J connectivity index is -0.000000603. The van der Waals surface area contributed by atoms with Gasteiger partial charge >= 0.3 is 29.0 Å². The number of sulfone groups is 2. The highest BCUT2D eigenvalue weighted by Crippen LogP contribution is 2.29. The van der Waals surface area contributed by atoms with Crippen LogP contribution in [0.1, 0.15) is 144 Å². The fourth-order valence-electron chi connectivity index (χ4n) is 3.89. The molecule has 210 valence electrons. The molecule has 0 aliphatic carbocycles. The number of hydrogen-bond acceptors (Lipinski definition) is 5. The monoisotopic (exact) mass is 552 g/mol. The van der Waals surface area contributed by atoms with Gasteiger partial charge in [0, 0.05) is 17.9 Å². The molecule has 0 unspecified atom stereocenters. The number of unbranched alkanes of at least 4 members (excludes halogenated alkanes) is 14. The molecule has 9 heteroatoms. The topological polar surface area (TPSA) is 106 Å². The third-order valence-electron chi connectivity index (χ3n) is 6.71. The van der Waals surface area contributed by atoms with Crippen molar-refractivity contribution >= 4 is 48.7 Å². The SMILES string of the molecule is CCC(C)(S(=O)(=O)CC)S(=O)(=O)CC.CCCCCCCCCCCCCCCCCC(=O)O.[MgH2]. The Morgan fingerprint density at radius 3 is 1.11 bits per heavy atom. The van der Waals surface area contributed by atoms with E-state index < -0.39 is 29.7 Å². The molecule has 0 radical (unpaired) electrons. The van der Waals surface area contributed by atoms with Gasteiger partial charge in [-0.05, 0) is 19.8 Å². The Labute approximate surface area is 233 Å². The maximum absolute atomic E-state index is 11.7. The highest BCUT2D eigenvalue weighted by molar-refractivity contribution is 8.10. The first-order chi connectivity index (χ1) is 16.0. The number of rotatable bonds is 21. The van der Waals surface area contributed by atoms with Crippen molar-refractivity contribution < 1.29 is 26.7 Å². The van der Waals surface area contributed by atoms with Gasteiger partial charge in [0.05, 0.1) is 0 Å². The second-order valence-electron chi connectivity index (χ2n) is 9.39. The number of carbonyl (C=O) groups is 1. The Morgan fingerprint density at radius 1 is 0.600 bits per heavy atom. The largest absolute Gasteiger partial charge is 0.481 e. The smallest absolute Gasteiger partial charge is 0.316 e. The molecule has 35 heavy (non-hydrogen) atoms. The molecule has 0 atom stereocenters. The molecule has 0 aromatic rings. The van der Waals surface area contributed by atoms with E-state index >= 15 is 0 Å². The maximum Gasteiger partial charge on any atom is 0.316 e. The minimum absolute atomic E-state index is 0. The van der Waals surface area contributed by atoms with Crippen molar-refractivity contribution in [2.24, 2.45) is 0 Å². The van der Waals surface area contributed by atoms with Gasteiger partial charge in [0.15, 0.2) is 23.8 Å². The number of hydrogen-bond donors (Lipinski definition) is 1. The van der Waals surface area contributed by atoms with Crippen molar-refractivity contribution in [1.82, 2.24) is 0 Å². The zero-order chi connectivity index (χ0) is 26.5. The van der Waals surface area contributed by atoms with Crippen molar-refractivity contribution in [3.8, 4) is 0 Å². The van der Waals surface area contributed by atoms with Gasteiger partial charge in [-0.2, -0.15) is 0 Å². The lowest BCUT2D eigenvalue weighted by Gasteiger charge is -2.26. The summed E-state index contributed by atoms with van der Waals surface area (Å²) in [5, 5.41) is 8.52. The molecule has 1 N–H and O–H groups in total. The summed E-state index contributed by atoms with van der Waals surface area (Å²) in [5.41, 5.74) is 0. The lowest BCUT2D eigenvalue weighted by Crippen LogP contribution is -2.44. The van der Waals surface area contributed by atoms with Gasteiger partial charge in [-0.25, -0.2) is 16.8 Å². The van der Waals surface area contributed by atoms with E-state index in [4.69, 9.17) is 5.11 Å². The molecule has 0 heterocycles. The molecule has 0 rings (SSSR count). The Bertz CT molecular complexity index is 671. The third-order valence-corrected chi connectivity index (χ3v) is 13.0. The molecule has 0 saturated heterocycles. The van der Waals surface area contributed by atoms with Gasteiger partial charge in [-0.15, -0.1) is 0 Å². The first-order valence-corrected chi connectivity index (χ1v) is 16.9. The summed E-state index contributed by atoms with van der Waals surface area (Å²) in [5.74, 6) is -0.938. The molecule has 6 nitrogen and oxygen atoms in total. The first-order valence-electron chi connectivity index (χ1n) is 13.6. The summed E-state index contributed by atoms with van der Waals surface area (Å²) < 4.78 is 45.1. The highest BCUT2D eigenvalue weighted by Gasteiger charge is 2.47. The van der Waals surface area contributed by atoms with Crippen molar-refractivity contribution in [3.63, 3.8) is 0 Å². The zero-order valence-corrected chi connectivity index (χ0v) is 24.4. The van der Waals surface area contributed by atoms with Crippen LogP contribution in [0.5, 0.6) is 0 Å². The van der Waals surface area contributed by atoms with Crippen LogP contribution in [0.4, 0.5) is 0 Å². The van der Waals surface area contributed by atoms with E-state index in [9.17, 15) is 21.6 Å². The van der Waals surface area contributed by atoms with E-state index in [1.165, 1.54) is 104 Å². The van der Waals surface area contributed by atoms with E-state index in [0.29, 0.717) is 6.42 Å². The molecule has 0 aliphatic rings. The molecule has 0 bridgehead atoms. The van der Waals surface area contributed by atoms with Gasteiger partial charge in [-0.1, -0.05) is 118 Å². The summed E-state index contributed by atoms with van der Waals surface area (Å²) in [6.07, 6.45) is 20.3. The lowest BCUT2D eigenvalue weighted by atomic mass is 10.0. The molecule has 0 aromatic carbocycles. The predicted molar refractivity (Wildman–Crippen MR) is 153 cm³/mol. The van der Waals surface area contributed by atoms with Gasteiger partial charge in [0.2, 0.25) is 0 Å². The van der Waals surface area contributed by atoms with E-state index in [2.05, 4.69) is 6.92 Å². The number of carboxylic acids is 1. The van der Waals surface area contributed by atoms with E-state index in [1.54, 1.807) is 6.92 Å². The van der Waals surface area contributed by atoms with Crippen molar-refractivity contribution in [2.45, 2.75) is 148 Å².